The lowest BCUT2D eigenvalue weighted by Crippen LogP contribution is -2.21. The van der Waals surface area contributed by atoms with Gasteiger partial charge in [-0.1, -0.05) is 17.3 Å². The molecule has 2 aromatic rings. The highest BCUT2D eigenvalue weighted by Crippen LogP contribution is 2.37. The van der Waals surface area contributed by atoms with Crippen molar-refractivity contribution in [2.45, 2.75) is 18.9 Å². The molecule has 1 atom stereocenters. The third kappa shape index (κ3) is 4.95. The number of nitrogens with zero attached hydrogens (tertiary/aromatic N) is 2. The van der Waals surface area contributed by atoms with Gasteiger partial charge in [-0.15, -0.1) is 0 Å². The topological polar surface area (TPSA) is 52.5 Å². The van der Waals surface area contributed by atoms with Gasteiger partial charge < -0.3 is 23.9 Å². The van der Waals surface area contributed by atoms with Crippen LogP contribution in [0, 0.1) is 0 Å². The van der Waals surface area contributed by atoms with E-state index in [1.165, 1.54) is 0 Å². The van der Waals surface area contributed by atoms with Crippen molar-refractivity contribution >= 4 is 5.71 Å². The van der Waals surface area contributed by atoms with Crippen LogP contribution in [0.2, 0.25) is 0 Å². The molecule has 0 bridgehead atoms. The lowest BCUT2D eigenvalue weighted by molar-refractivity contribution is 0.131. The Bertz CT molecular complexity index is 803. The summed E-state index contributed by atoms with van der Waals surface area (Å²) in [5.74, 6) is 2.32. The molecule has 1 unspecified atom stereocenters. The summed E-state index contributed by atoms with van der Waals surface area (Å²) in [7, 11) is 7.41. The Labute approximate surface area is 166 Å². The number of methoxy groups -OCH3 is 2. The molecule has 150 valence electrons. The van der Waals surface area contributed by atoms with Gasteiger partial charge in [0.25, 0.3) is 0 Å². The maximum atomic E-state index is 6.26. The van der Waals surface area contributed by atoms with Crippen LogP contribution in [0.4, 0.5) is 0 Å². The zero-order chi connectivity index (χ0) is 19.9. The molecule has 1 aliphatic rings. The minimum Gasteiger partial charge on any atom is -0.497 e. The van der Waals surface area contributed by atoms with E-state index >= 15 is 0 Å². The first-order chi connectivity index (χ1) is 13.6. The van der Waals surface area contributed by atoms with Gasteiger partial charge in [-0.05, 0) is 50.3 Å². The highest BCUT2D eigenvalue weighted by atomic mass is 16.6. The van der Waals surface area contributed by atoms with E-state index < -0.39 is 0 Å². The van der Waals surface area contributed by atoms with E-state index in [-0.39, 0.29) is 6.10 Å². The Hall–Kier alpha value is -2.73. The van der Waals surface area contributed by atoms with Gasteiger partial charge in [-0.3, -0.25) is 0 Å². The molecule has 6 nitrogen and oxygen atoms in total. The molecule has 3 rings (SSSR count). The predicted molar refractivity (Wildman–Crippen MR) is 110 cm³/mol. The number of rotatable bonds is 8. The van der Waals surface area contributed by atoms with Gasteiger partial charge in [0.1, 0.15) is 30.0 Å². The van der Waals surface area contributed by atoms with Crippen LogP contribution in [0.25, 0.3) is 0 Å². The normalized spacial score (nSPS) is 17.2. The van der Waals surface area contributed by atoms with Gasteiger partial charge in [0.2, 0.25) is 0 Å². The van der Waals surface area contributed by atoms with Crippen molar-refractivity contribution in [1.29, 1.82) is 0 Å². The Morgan fingerprint density at radius 2 is 1.75 bits per heavy atom. The lowest BCUT2D eigenvalue weighted by Gasteiger charge is -2.27. The van der Waals surface area contributed by atoms with Crippen LogP contribution >= 0.6 is 0 Å². The summed E-state index contributed by atoms with van der Waals surface area (Å²) in [5.41, 5.74) is 2.89. The zero-order valence-electron chi connectivity index (χ0n) is 17.0. The van der Waals surface area contributed by atoms with E-state index in [0.717, 1.165) is 47.1 Å². The second-order valence-electron chi connectivity index (χ2n) is 6.97. The number of ether oxygens (including phenoxy) is 3. The molecule has 0 fully saturated rings. The van der Waals surface area contributed by atoms with Crippen molar-refractivity contribution in [1.82, 2.24) is 4.90 Å². The molecule has 0 N–H and O–H groups in total. The van der Waals surface area contributed by atoms with Gasteiger partial charge in [-0.2, -0.15) is 0 Å². The Kier molecular flexibility index (Phi) is 6.76. The van der Waals surface area contributed by atoms with Gasteiger partial charge in [0, 0.05) is 24.6 Å². The van der Waals surface area contributed by atoms with Crippen molar-refractivity contribution in [3.63, 3.8) is 0 Å². The fourth-order valence-corrected chi connectivity index (χ4v) is 3.11. The quantitative estimate of drug-likeness (QED) is 0.510. The molecule has 0 saturated carbocycles. The van der Waals surface area contributed by atoms with E-state index in [9.17, 15) is 0 Å². The molecule has 0 aromatic heterocycles. The van der Waals surface area contributed by atoms with Gasteiger partial charge in [0.05, 0.1) is 19.9 Å². The Morgan fingerprint density at radius 1 is 1.04 bits per heavy atom. The zero-order valence-corrected chi connectivity index (χ0v) is 17.0. The summed E-state index contributed by atoms with van der Waals surface area (Å²) < 4.78 is 16.9. The third-order valence-corrected chi connectivity index (χ3v) is 4.65. The molecule has 0 aliphatic carbocycles. The van der Waals surface area contributed by atoms with E-state index in [4.69, 9.17) is 19.0 Å². The smallest absolute Gasteiger partial charge is 0.133 e. The average Bonchev–Trinajstić information content (AvgIpc) is 2.72. The minimum atomic E-state index is -0.144. The van der Waals surface area contributed by atoms with Crippen LogP contribution < -0.4 is 14.2 Å². The summed E-state index contributed by atoms with van der Waals surface area (Å²) in [6.45, 7) is 1.55. The van der Waals surface area contributed by atoms with E-state index in [0.29, 0.717) is 13.0 Å². The largest absolute Gasteiger partial charge is 0.497 e. The fraction of sp³-hybridized carbons (Fsp3) is 0.409. The number of hydrogen-bond acceptors (Lipinski definition) is 6. The molecule has 1 heterocycles. The van der Waals surface area contributed by atoms with Crippen LogP contribution in [0.5, 0.6) is 17.2 Å². The van der Waals surface area contributed by atoms with Crippen LogP contribution in [-0.2, 0) is 4.84 Å². The molecule has 0 radical (unpaired) electrons. The molecule has 1 aliphatic heterocycles. The predicted octanol–water partition coefficient (Wildman–Crippen LogP) is 3.90. The second kappa shape index (κ2) is 9.46. The van der Waals surface area contributed by atoms with Gasteiger partial charge >= 0.3 is 0 Å². The van der Waals surface area contributed by atoms with Crippen LogP contribution in [0.1, 0.15) is 30.1 Å². The molecular weight excluding hydrogens is 356 g/mol. The SMILES string of the molecule is COc1ccc(C2C/C(=N\OCCCN(C)C)c3ccc(OC)cc3O2)cc1. The minimum absolute atomic E-state index is 0.144. The summed E-state index contributed by atoms with van der Waals surface area (Å²) in [5, 5.41) is 4.44. The summed E-state index contributed by atoms with van der Waals surface area (Å²) in [6, 6.07) is 13.7. The Balaban J connectivity index is 1.81. The summed E-state index contributed by atoms with van der Waals surface area (Å²) >= 11 is 0. The molecule has 0 amide bonds. The van der Waals surface area contributed by atoms with Crippen molar-refractivity contribution < 1.29 is 19.0 Å². The van der Waals surface area contributed by atoms with Gasteiger partial charge in [0.15, 0.2) is 0 Å². The highest BCUT2D eigenvalue weighted by molar-refractivity contribution is 6.04. The maximum absolute atomic E-state index is 6.26. The Morgan fingerprint density at radius 3 is 2.43 bits per heavy atom. The number of fused-ring (bicyclic) bond motifs is 1. The molecular formula is C22H28N2O4. The van der Waals surface area contributed by atoms with Gasteiger partial charge in [-0.25, -0.2) is 0 Å². The molecule has 6 heteroatoms. The first-order valence-electron chi connectivity index (χ1n) is 9.43. The van der Waals surface area contributed by atoms with Crippen LogP contribution in [0.15, 0.2) is 47.6 Å². The molecule has 0 saturated heterocycles. The molecule has 0 spiro atoms. The molecule has 2 aromatic carbocycles. The summed E-state index contributed by atoms with van der Waals surface area (Å²) in [4.78, 5) is 7.74. The second-order valence-corrected chi connectivity index (χ2v) is 6.97. The van der Waals surface area contributed by atoms with Crippen molar-refractivity contribution in [2.75, 3.05) is 41.5 Å². The van der Waals surface area contributed by atoms with Crippen LogP contribution in [-0.4, -0.2) is 52.1 Å². The average molecular weight is 384 g/mol. The van der Waals surface area contributed by atoms with E-state index in [2.05, 4.69) is 10.1 Å². The highest BCUT2D eigenvalue weighted by Gasteiger charge is 2.27. The summed E-state index contributed by atoms with van der Waals surface area (Å²) in [6.07, 6.45) is 1.42. The van der Waals surface area contributed by atoms with Crippen molar-refractivity contribution in [3.8, 4) is 17.2 Å². The lowest BCUT2D eigenvalue weighted by atomic mass is 9.95. The third-order valence-electron chi connectivity index (χ3n) is 4.65. The van der Waals surface area contributed by atoms with E-state index in [1.54, 1.807) is 14.2 Å². The first kappa shape index (κ1) is 20.0. The maximum Gasteiger partial charge on any atom is 0.133 e. The van der Waals surface area contributed by atoms with Crippen LogP contribution in [0.3, 0.4) is 0 Å². The molecule has 28 heavy (non-hydrogen) atoms. The monoisotopic (exact) mass is 384 g/mol. The number of hydrogen-bond donors (Lipinski definition) is 0. The fourth-order valence-electron chi connectivity index (χ4n) is 3.11. The van der Waals surface area contributed by atoms with Crippen molar-refractivity contribution in [3.05, 3.63) is 53.6 Å². The first-order valence-corrected chi connectivity index (χ1v) is 9.43. The van der Waals surface area contributed by atoms with E-state index in [1.807, 2.05) is 56.6 Å². The van der Waals surface area contributed by atoms with Crippen molar-refractivity contribution in [2.24, 2.45) is 5.16 Å². The standard InChI is InChI=1S/C22H28N2O4/c1-24(2)12-5-13-27-23-20-15-21(16-6-8-17(25-3)9-7-16)28-22-14-18(26-4)10-11-19(20)22/h6-11,14,21H,5,12-13,15H2,1-4H3/b23-20+. The number of benzene rings is 2. The number of oxime groups is 1.